The molecule has 0 radical (unpaired) electrons. The quantitative estimate of drug-likeness (QED) is 0.781. The first-order chi connectivity index (χ1) is 11.3. The number of aromatic nitrogens is 1. The molecule has 9 heteroatoms. The Bertz CT molecular complexity index is 872. The molecule has 1 saturated carbocycles. The predicted octanol–water partition coefficient (Wildman–Crippen LogP) is 1.84. The number of carbonyl (C=O) groups excluding carboxylic acids is 1. The number of sulfonamides is 1. The minimum atomic E-state index is -3.52. The van der Waals surface area contributed by atoms with Gasteiger partial charge in [-0.3, -0.25) is 4.79 Å². The molecule has 0 saturated heterocycles. The molecule has 1 fully saturated rings. The van der Waals surface area contributed by atoms with E-state index in [1.165, 1.54) is 38.0 Å². The van der Waals surface area contributed by atoms with Crippen molar-refractivity contribution in [1.29, 1.82) is 0 Å². The van der Waals surface area contributed by atoms with Crippen LogP contribution in [0.5, 0.6) is 0 Å². The molecule has 1 N–H and O–H groups in total. The molecule has 0 spiro atoms. The number of oxazole rings is 1. The molecule has 24 heavy (non-hydrogen) atoms. The summed E-state index contributed by atoms with van der Waals surface area (Å²) in [4.78, 5) is 16.4. The second-order valence-electron chi connectivity index (χ2n) is 5.94. The van der Waals surface area contributed by atoms with Gasteiger partial charge in [0.05, 0.1) is 10.1 Å². The van der Waals surface area contributed by atoms with Crippen LogP contribution in [-0.4, -0.2) is 49.0 Å². The Morgan fingerprint density at radius 3 is 2.75 bits per heavy atom. The van der Waals surface area contributed by atoms with Crippen LogP contribution in [0, 0.1) is 0 Å². The molecule has 1 amide bonds. The van der Waals surface area contributed by atoms with Crippen molar-refractivity contribution >= 4 is 38.8 Å². The van der Waals surface area contributed by atoms with Crippen molar-refractivity contribution in [1.82, 2.24) is 14.6 Å². The minimum Gasteiger partial charge on any atom is -0.431 e. The standard InChI is InChI=1S/C15H19N3O4S2/c1-9(14(19)16-10-4-5-10)23-15-17-12-8-11(6-7-13(12)22-15)24(20,21)18(2)3/h6-10H,4-5H2,1-3H3,(H,16,19). The molecule has 1 unspecified atom stereocenters. The summed E-state index contributed by atoms with van der Waals surface area (Å²) in [5.41, 5.74) is 0.945. The van der Waals surface area contributed by atoms with E-state index in [1.54, 1.807) is 13.0 Å². The Balaban J connectivity index is 1.79. The zero-order chi connectivity index (χ0) is 17.5. The summed E-state index contributed by atoms with van der Waals surface area (Å²) in [6.07, 6.45) is 2.07. The number of benzene rings is 1. The van der Waals surface area contributed by atoms with Gasteiger partial charge in [-0.1, -0.05) is 11.8 Å². The van der Waals surface area contributed by atoms with Gasteiger partial charge in [0.2, 0.25) is 15.9 Å². The van der Waals surface area contributed by atoms with Gasteiger partial charge in [0.15, 0.2) is 5.58 Å². The van der Waals surface area contributed by atoms with Crippen molar-refractivity contribution in [3.05, 3.63) is 18.2 Å². The highest BCUT2D eigenvalue weighted by molar-refractivity contribution is 8.00. The molecular weight excluding hydrogens is 350 g/mol. The van der Waals surface area contributed by atoms with Gasteiger partial charge < -0.3 is 9.73 Å². The lowest BCUT2D eigenvalue weighted by Crippen LogP contribution is -2.32. The van der Waals surface area contributed by atoms with Crippen molar-refractivity contribution < 1.29 is 17.6 Å². The first-order valence-electron chi connectivity index (χ1n) is 7.57. The number of amides is 1. The minimum absolute atomic E-state index is 0.0411. The molecule has 3 rings (SSSR count). The van der Waals surface area contributed by atoms with Crippen LogP contribution in [0.3, 0.4) is 0 Å². The van der Waals surface area contributed by atoms with Crippen LogP contribution >= 0.6 is 11.8 Å². The van der Waals surface area contributed by atoms with Gasteiger partial charge in [-0.25, -0.2) is 17.7 Å². The fourth-order valence-corrected chi connectivity index (χ4v) is 3.75. The second-order valence-corrected chi connectivity index (χ2v) is 9.38. The van der Waals surface area contributed by atoms with E-state index in [-0.39, 0.29) is 16.1 Å². The largest absolute Gasteiger partial charge is 0.431 e. The van der Waals surface area contributed by atoms with Gasteiger partial charge in [-0.2, -0.15) is 0 Å². The smallest absolute Gasteiger partial charge is 0.257 e. The molecule has 130 valence electrons. The number of nitrogens with one attached hydrogen (secondary N) is 1. The normalized spacial score (nSPS) is 16.5. The number of hydrogen-bond acceptors (Lipinski definition) is 6. The van der Waals surface area contributed by atoms with Crippen LogP contribution in [0.25, 0.3) is 11.1 Å². The summed E-state index contributed by atoms with van der Waals surface area (Å²) in [6, 6.07) is 4.86. The molecule has 1 aliphatic rings. The van der Waals surface area contributed by atoms with Gasteiger partial charge >= 0.3 is 0 Å². The molecule has 1 heterocycles. The first-order valence-corrected chi connectivity index (χ1v) is 9.89. The van der Waals surface area contributed by atoms with E-state index in [1.807, 2.05) is 0 Å². The number of carbonyl (C=O) groups is 1. The van der Waals surface area contributed by atoms with Gasteiger partial charge in [-0.05, 0) is 38.0 Å². The highest BCUT2D eigenvalue weighted by Crippen LogP contribution is 2.29. The van der Waals surface area contributed by atoms with Crippen molar-refractivity contribution in [2.24, 2.45) is 0 Å². The van der Waals surface area contributed by atoms with Crippen LogP contribution < -0.4 is 5.32 Å². The van der Waals surface area contributed by atoms with Crippen LogP contribution in [-0.2, 0) is 14.8 Å². The summed E-state index contributed by atoms with van der Waals surface area (Å²) in [5.74, 6) is -0.0411. The van der Waals surface area contributed by atoms with E-state index in [4.69, 9.17) is 4.42 Å². The Hall–Kier alpha value is -1.58. The van der Waals surface area contributed by atoms with Gasteiger partial charge in [-0.15, -0.1) is 0 Å². The van der Waals surface area contributed by atoms with E-state index in [9.17, 15) is 13.2 Å². The molecule has 1 aromatic heterocycles. The molecule has 0 aliphatic heterocycles. The molecule has 1 aromatic carbocycles. The van der Waals surface area contributed by atoms with E-state index in [0.717, 1.165) is 17.1 Å². The van der Waals surface area contributed by atoms with Crippen molar-refractivity contribution in [3.8, 4) is 0 Å². The van der Waals surface area contributed by atoms with Gasteiger partial charge in [0.25, 0.3) is 5.22 Å². The molecule has 0 bridgehead atoms. The monoisotopic (exact) mass is 369 g/mol. The summed E-state index contributed by atoms with van der Waals surface area (Å²) in [6.45, 7) is 1.79. The summed E-state index contributed by atoms with van der Waals surface area (Å²) >= 11 is 1.22. The number of fused-ring (bicyclic) bond motifs is 1. The van der Waals surface area contributed by atoms with E-state index >= 15 is 0 Å². The molecular formula is C15H19N3O4S2. The van der Waals surface area contributed by atoms with E-state index in [2.05, 4.69) is 10.3 Å². The fraction of sp³-hybridized carbons (Fsp3) is 0.467. The lowest BCUT2D eigenvalue weighted by Gasteiger charge is -2.10. The fourth-order valence-electron chi connectivity index (χ4n) is 2.06. The van der Waals surface area contributed by atoms with Crippen molar-refractivity contribution in [3.63, 3.8) is 0 Å². The SMILES string of the molecule is CC(Sc1nc2cc(S(=O)(=O)N(C)C)ccc2o1)C(=O)NC1CC1. The molecule has 1 atom stereocenters. The third-order valence-electron chi connectivity index (χ3n) is 3.69. The summed E-state index contributed by atoms with van der Waals surface area (Å²) in [5, 5.41) is 2.95. The predicted molar refractivity (Wildman–Crippen MR) is 91.4 cm³/mol. The molecule has 7 nitrogen and oxygen atoms in total. The summed E-state index contributed by atoms with van der Waals surface area (Å²) in [7, 11) is -0.569. The molecule has 2 aromatic rings. The number of rotatable bonds is 6. The van der Waals surface area contributed by atoms with Gasteiger partial charge in [0, 0.05) is 20.1 Å². The zero-order valence-corrected chi connectivity index (χ0v) is 15.3. The first kappa shape index (κ1) is 17.2. The highest BCUT2D eigenvalue weighted by Gasteiger charge is 2.27. The van der Waals surface area contributed by atoms with Crippen LogP contribution in [0.1, 0.15) is 19.8 Å². The summed E-state index contributed by atoms with van der Waals surface area (Å²) < 4.78 is 31.1. The van der Waals surface area contributed by atoms with E-state index in [0.29, 0.717) is 22.4 Å². The van der Waals surface area contributed by atoms with Crippen molar-refractivity contribution in [2.75, 3.05) is 14.1 Å². The Labute approximate surface area is 144 Å². The number of hydrogen-bond donors (Lipinski definition) is 1. The van der Waals surface area contributed by atoms with Crippen LogP contribution in [0.4, 0.5) is 0 Å². The third kappa shape index (κ3) is 3.57. The van der Waals surface area contributed by atoms with E-state index < -0.39 is 10.0 Å². The number of thioether (sulfide) groups is 1. The molecule has 1 aliphatic carbocycles. The topological polar surface area (TPSA) is 92.5 Å². The Morgan fingerprint density at radius 1 is 1.42 bits per heavy atom. The van der Waals surface area contributed by atoms with Gasteiger partial charge in [0.1, 0.15) is 5.52 Å². The van der Waals surface area contributed by atoms with Crippen molar-refractivity contribution in [2.45, 2.75) is 41.2 Å². The maximum atomic E-state index is 12.2. The lowest BCUT2D eigenvalue weighted by atomic mass is 10.3. The lowest BCUT2D eigenvalue weighted by molar-refractivity contribution is -0.120. The average Bonchev–Trinajstić information content (AvgIpc) is 3.23. The Kier molecular flexibility index (Phi) is 4.58. The number of nitrogens with zero attached hydrogens (tertiary/aromatic N) is 2. The maximum Gasteiger partial charge on any atom is 0.257 e. The zero-order valence-electron chi connectivity index (χ0n) is 13.6. The Morgan fingerprint density at radius 2 is 2.12 bits per heavy atom. The van der Waals surface area contributed by atoms with Crippen LogP contribution in [0.2, 0.25) is 0 Å². The highest BCUT2D eigenvalue weighted by atomic mass is 32.2. The third-order valence-corrected chi connectivity index (χ3v) is 6.44. The second kappa shape index (κ2) is 6.38. The average molecular weight is 369 g/mol. The van der Waals surface area contributed by atoms with Crippen LogP contribution in [0.15, 0.2) is 32.7 Å². The maximum absolute atomic E-state index is 12.2.